The van der Waals surface area contributed by atoms with Crippen molar-refractivity contribution in [1.29, 1.82) is 0 Å². The molecule has 0 heterocycles. The third-order valence-corrected chi connectivity index (χ3v) is 2.47. The van der Waals surface area contributed by atoms with Crippen molar-refractivity contribution in [3.05, 3.63) is 23.8 Å². The Bertz CT molecular complexity index is 191. The second-order valence-electron chi connectivity index (χ2n) is 3.73. The van der Waals surface area contributed by atoms with Crippen molar-refractivity contribution in [3.63, 3.8) is 0 Å². The summed E-state index contributed by atoms with van der Waals surface area (Å²) in [6.45, 7) is 6.20. The van der Waals surface area contributed by atoms with Gasteiger partial charge in [-0.25, -0.2) is 0 Å². The molecule has 0 saturated heterocycles. The highest BCUT2D eigenvalue weighted by molar-refractivity contribution is 5.13. The van der Waals surface area contributed by atoms with Crippen molar-refractivity contribution in [3.8, 4) is 0 Å². The van der Waals surface area contributed by atoms with E-state index in [1.54, 1.807) is 0 Å². The summed E-state index contributed by atoms with van der Waals surface area (Å²) in [7, 11) is 0. The van der Waals surface area contributed by atoms with Gasteiger partial charge in [-0.1, -0.05) is 11.6 Å². The zero-order valence-electron chi connectivity index (χ0n) is 7.84. The zero-order valence-corrected chi connectivity index (χ0v) is 7.84. The maximum absolute atomic E-state index is 9.08. The first-order chi connectivity index (χ1) is 5.74. The van der Waals surface area contributed by atoms with E-state index in [1.807, 2.05) is 0 Å². The van der Waals surface area contributed by atoms with Gasteiger partial charge in [-0.05, 0) is 44.1 Å². The molecule has 12 heavy (non-hydrogen) atoms. The van der Waals surface area contributed by atoms with Gasteiger partial charge in [0.05, 0.1) is 6.61 Å². The number of allylic oxidation sites excluding steroid dienone is 2. The molecule has 68 valence electrons. The molecule has 1 unspecified atom stereocenters. The van der Waals surface area contributed by atoms with Crippen LogP contribution >= 0.6 is 0 Å². The van der Waals surface area contributed by atoms with Crippen LogP contribution in [-0.2, 0) is 0 Å². The fourth-order valence-corrected chi connectivity index (χ4v) is 1.85. The molecular weight excluding hydrogens is 148 g/mol. The van der Waals surface area contributed by atoms with Gasteiger partial charge in [0.25, 0.3) is 0 Å². The molecule has 0 bridgehead atoms. The van der Waals surface area contributed by atoms with Crippen LogP contribution in [0.15, 0.2) is 23.8 Å². The van der Waals surface area contributed by atoms with E-state index in [1.165, 1.54) is 24.0 Å². The molecule has 0 spiro atoms. The first-order valence-corrected chi connectivity index (χ1v) is 4.68. The quantitative estimate of drug-likeness (QED) is 0.639. The van der Waals surface area contributed by atoms with Crippen molar-refractivity contribution in [2.24, 2.45) is 5.92 Å². The van der Waals surface area contributed by atoms with E-state index in [2.05, 4.69) is 19.6 Å². The molecule has 1 aliphatic carbocycles. The third-order valence-electron chi connectivity index (χ3n) is 2.47. The number of aliphatic hydroxyl groups is 1. The van der Waals surface area contributed by atoms with Gasteiger partial charge in [0.2, 0.25) is 0 Å². The highest BCUT2D eigenvalue weighted by atomic mass is 16.3. The third kappa shape index (κ3) is 2.49. The summed E-state index contributed by atoms with van der Waals surface area (Å²) in [6.07, 6.45) is 6.87. The topological polar surface area (TPSA) is 20.2 Å². The number of aliphatic hydroxyl groups excluding tert-OH is 1. The van der Waals surface area contributed by atoms with Crippen LogP contribution in [0.2, 0.25) is 0 Å². The summed E-state index contributed by atoms with van der Waals surface area (Å²) in [5.74, 6) is 0.571. The van der Waals surface area contributed by atoms with Crippen LogP contribution in [0.3, 0.4) is 0 Å². The van der Waals surface area contributed by atoms with E-state index in [0.29, 0.717) is 5.92 Å². The summed E-state index contributed by atoms with van der Waals surface area (Å²) in [5.41, 5.74) is 2.45. The lowest BCUT2D eigenvalue weighted by Gasteiger charge is -2.22. The zero-order chi connectivity index (χ0) is 8.97. The summed E-state index contributed by atoms with van der Waals surface area (Å²) in [6, 6.07) is 0. The molecule has 0 aromatic heterocycles. The van der Waals surface area contributed by atoms with Crippen LogP contribution in [-0.4, -0.2) is 11.7 Å². The molecule has 0 aromatic carbocycles. The number of hydrogen-bond donors (Lipinski definition) is 1. The van der Waals surface area contributed by atoms with Crippen molar-refractivity contribution < 1.29 is 5.11 Å². The Balaban J connectivity index is 2.55. The lowest BCUT2D eigenvalue weighted by atomic mass is 9.84. The SMILES string of the molecule is C=C(C)CC1CCCC=C1CO. The summed E-state index contributed by atoms with van der Waals surface area (Å²) in [5, 5.41) is 9.08. The summed E-state index contributed by atoms with van der Waals surface area (Å²) in [4.78, 5) is 0. The highest BCUT2D eigenvalue weighted by Gasteiger charge is 2.16. The van der Waals surface area contributed by atoms with E-state index in [0.717, 1.165) is 12.8 Å². The van der Waals surface area contributed by atoms with Crippen molar-refractivity contribution in [2.45, 2.75) is 32.6 Å². The van der Waals surface area contributed by atoms with Gasteiger partial charge in [0.1, 0.15) is 0 Å². The Hall–Kier alpha value is -0.560. The standard InChI is InChI=1S/C11H18O/c1-9(2)7-10-5-3-4-6-11(10)8-12/h6,10,12H,1,3-5,7-8H2,2H3. The van der Waals surface area contributed by atoms with Gasteiger partial charge in [-0.15, -0.1) is 6.58 Å². The van der Waals surface area contributed by atoms with E-state index >= 15 is 0 Å². The molecule has 0 amide bonds. The van der Waals surface area contributed by atoms with Gasteiger partial charge >= 0.3 is 0 Å². The minimum atomic E-state index is 0.234. The predicted octanol–water partition coefficient (Wildman–Crippen LogP) is 2.67. The van der Waals surface area contributed by atoms with Crippen LogP contribution in [0.1, 0.15) is 32.6 Å². The molecule has 0 fully saturated rings. The average molecular weight is 166 g/mol. The minimum Gasteiger partial charge on any atom is -0.392 e. The van der Waals surface area contributed by atoms with E-state index in [-0.39, 0.29) is 6.61 Å². The van der Waals surface area contributed by atoms with Crippen LogP contribution in [0.4, 0.5) is 0 Å². The smallest absolute Gasteiger partial charge is 0.0644 e. The number of rotatable bonds is 3. The molecule has 1 aliphatic rings. The summed E-state index contributed by atoms with van der Waals surface area (Å²) >= 11 is 0. The Morgan fingerprint density at radius 3 is 3.08 bits per heavy atom. The molecule has 0 aromatic rings. The van der Waals surface area contributed by atoms with E-state index in [9.17, 15) is 0 Å². The van der Waals surface area contributed by atoms with Gasteiger partial charge < -0.3 is 5.11 Å². The molecule has 1 atom stereocenters. The van der Waals surface area contributed by atoms with Crippen LogP contribution < -0.4 is 0 Å². The molecule has 1 nitrogen and oxygen atoms in total. The van der Waals surface area contributed by atoms with E-state index < -0.39 is 0 Å². The lowest BCUT2D eigenvalue weighted by molar-refractivity contribution is 0.303. The monoisotopic (exact) mass is 166 g/mol. The minimum absolute atomic E-state index is 0.234. The van der Waals surface area contributed by atoms with Crippen molar-refractivity contribution >= 4 is 0 Å². The Kier molecular flexibility index (Phi) is 3.54. The Morgan fingerprint density at radius 2 is 2.50 bits per heavy atom. The Morgan fingerprint density at radius 1 is 1.75 bits per heavy atom. The fourth-order valence-electron chi connectivity index (χ4n) is 1.85. The molecule has 1 N–H and O–H groups in total. The molecule has 0 saturated carbocycles. The maximum Gasteiger partial charge on any atom is 0.0644 e. The van der Waals surface area contributed by atoms with Crippen molar-refractivity contribution in [1.82, 2.24) is 0 Å². The van der Waals surface area contributed by atoms with Crippen LogP contribution in [0, 0.1) is 5.92 Å². The largest absolute Gasteiger partial charge is 0.392 e. The molecule has 0 aliphatic heterocycles. The van der Waals surface area contributed by atoms with Crippen LogP contribution in [0.5, 0.6) is 0 Å². The normalized spacial score (nSPS) is 23.5. The Labute approximate surface area is 74.8 Å². The second-order valence-corrected chi connectivity index (χ2v) is 3.73. The van der Waals surface area contributed by atoms with Gasteiger partial charge in [-0.2, -0.15) is 0 Å². The predicted molar refractivity (Wildman–Crippen MR) is 51.9 cm³/mol. The molecular formula is C11H18O. The second kappa shape index (κ2) is 4.46. The van der Waals surface area contributed by atoms with Crippen molar-refractivity contribution in [2.75, 3.05) is 6.61 Å². The maximum atomic E-state index is 9.08. The van der Waals surface area contributed by atoms with Gasteiger partial charge in [-0.3, -0.25) is 0 Å². The molecule has 0 radical (unpaired) electrons. The first-order valence-electron chi connectivity index (χ1n) is 4.68. The first kappa shape index (κ1) is 9.53. The average Bonchev–Trinajstić information content (AvgIpc) is 2.04. The molecule has 1 rings (SSSR count). The summed E-state index contributed by atoms with van der Waals surface area (Å²) < 4.78 is 0. The van der Waals surface area contributed by atoms with Gasteiger partial charge in [0.15, 0.2) is 0 Å². The highest BCUT2D eigenvalue weighted by Crippen LogP contribution is 2.29. The van der Waals surface area contributed by atoms with Crippen LogP contribution in [0.25, 0.3) is 0 Å². The van der Waals surface area contributed by atoms with Gasteiger partial charge in [0, 0.05) is 0 Å². The lowest BCUT2D eigenvalue weighted by Crippen LogP contribution is -2.11. The van der Waals surface area contributed by atoms with E-state index in [4.69, 9.17) is 5.11 Å². The fraction of sp³-hybridized carbons (Fsp3) is 0.636. The molecule has 1 heteroatoms. The number of hydrogen-bond acceptors (Lipinski definition) is 1.